The molecule has 10 heteroatoms. The Morgan fingerprint density at radius 1 is 1.11 bits per heavy atom. The Morgan fingerprint density at radius 2 is 1.84 bits per heavy atom. The van der Waals surface area contributed by atoms with E-state index in [4.69, 9.17) is 18.9 Å². The average Bonchev–Trinajstić information content (AvgIpc) is 3.33. The van der Waals surface area contributed by atoms with Gasteiger partial charge in [-0.2, -0.15) is 0 Å². The number of methoxy groups -OCH3 is 1. The van der Waals surface area contributed by atoms with Crippen LogP contribution in [-0.2, 0) is 9.47 Å². The lowest BCUT2D eigenvalue weighted by Gasteiger charge is -2.57. The van der Waals surface area contributed by atoms with Crippen molar-refractivity contribution < 1.29 is 36.9 Å². The Labute approximate surface area is 213 Å². The molecule has 4 fully saturated rings. The summed E-state index contributed by atoms with van der Waals surface area (Å²) in [4.78, 5) is 18.9. The zero-order valence-corrected chi connectivity index (χ0v) is 20.7. The number of amides is 1. The number of benzene rings is 1. The SMILES string of the molecule is COc1nc(C(=O)N2CCC3OCOC3C2)ccc1OCC1CC2(C1)CC(F)(F)C2.Fc1ccccc1. The molecule has 37 heavy (non-hydrogen) atoms. The normalized spacial score (nSPS) is 25.2. The van der Waals surface area contributed by atoms with E-state index in [0.717, 1.165) is 19.3 Å². The molecule has 2 atom stereocenters. The van der Waals surface area contributed by atoms with E-state index < -0.39 is 5.92 Å². The Kier molecular flexibility index (Phi) is 7.31. The van der Waals surface area contributed by atoms with Crippen LogP contribution in [-0.4, -0.2) is 67.5 Å². The predicted molar refractivity (Wildman–Crippen MR) is 127 cm³/mol. The van der Waals surface area contributed by atoms with Gasteiger partial charge in [-0.15, -0.1) is 0 Å². The molecule has 0 radical (unpaired) electrons. The molecular formula is C27H31F3N2O5. The maximum Gasteiger partial charge on any atom is 0.272 e. The van der Waals surface area contributed by atoms with Crippen molar-refractivity contribution in [1.29, 1.82) is 0 Å². The maximum atomic E-state index is 13.1. The number of pyridine rings is 1. The topological polar surface area (TPSA) is 70.1 Å². The molecule has 2 unspecified atom stereocenters. The van der Waals surface area contributed by atoms with Crippen molar-refractivity contribution in [1.82, 2.24) is 9.88 Å². The van der Waals surface area contributed by atoms with Gasteiger partial charge in [0.05, 0.1) is 19.8 Å². The van der Waals surface area contributed by atoms with Crippen LogP contribution in [0, 0.1) is 17.2 Å². The van der Waals surface area contributed by atoms with Crippen molar-refractivity contribution >= 4 is 5.91 Å². The fourth-order valence-electron chi connectivity index (χ4n) is 5.85. The summed E-state index contributed by atoms with van der Waals surface area (Å²) in [6.45, 7) is 1.79. The fourth-order valence-corrected chi connectivity index (χ4v) is 5.85. The summed E-state index contributed by atoms with van der Waals surface area (Å²) in [5.74, 6) is -1.86. The standard InChI is InChI=1S/C21H26F2N2O5.C6H5F/c1-27-18-16(28-9-13-6-20(7-13)10-21(22,23)11-20)3-2-14(24-18)19(26)25-5-4-15-17(8-25)30-12-29-15;7-6-4-2-1-3-5-6/h2-3,13,15,17H,4-12H2,1H3;1-5H. The van der Waals surface area contributed by atoms with Crippen LogP contribution in [0.5, 0.6) is 11.6 Å². The van der Waals surface area contributed by atoms with Crippen molar-refractivity contribution in [3.63, 3.8) is 0 Å². The van der Waals surface area contributed by atoms with Crippen LogP contribution in [0.25, 0.3) is 0 Å². The summed E-state index contributed by atoms with van der Waals surface area (Å²) in [7, 11) is 1.48. The molecule has 0 N–H and O–H groups in total. The number of nitrogens with zero attached hydrogens (tertiary/aromatic N) is 2. The molecule has 0 bridgehead atoms. The third-order valence-corrected chi connectivity index (χ3v) is 7.51. The molecule has 7 nitrogen and oxygen atoms in total. The molecule has 2 saturated heterocycles. The van der Waals surface area contributed by atoms with Gasteiger partial charge in [0.1, 0.15) is 24.4 Å². The third kappa shape index (κ3) is 5.85. The Morgan fingerprint density at radius 3 is 2.49 bits per heavy atom. The number of hydrogen-bond acceptors (Lipinski definition) is 6. The quantitative estimate of drug-likeness (QED) is 0.569. The monoisotopic (exact) mass is 520 g/mol. The smallest absolute Gasteiger partial charge is 0.272 e. The van der Waals surface area contributed by atoms with E-state index in [0.29, 0.717) is 25.4 Å². The van der Waals surface area contributed by atoms with Crippen LogP contribution in [0.2, 0.25) is 0 Å². The van der Waals surface area contributed by atoms with E-state index >= 15 is 0 Å². The number of hydrogen-bond donors (Lipinski definition) is 0. The molecule has 1 spiro atoms. The lowest BCUT2D eigenvalue weighted by molar-refractivity contribution is -0.209. The highest BCUT2D eigenvalue weighted by molar-refractivity contribution is 5.92. The summed E-state index contributed by atoms with van der Waals surface area (Å²) < 4.78 is 60.4. The van der Waals surface area contributed by atoms with Crippen molar-refractivity contribution in [3.05, 3.63) is 54.0 Å². The minimum Gasteiger partial charge on any atom is -0.488 e. The van der Waals surface area contributed by atoms with Crippen LogP contribution in [0.4, 0.5) is 13.2 Å². The lowest BCUT2D eigenvalue weighted by atomic mass is 9.50. The number of carbonyl (C=O) groups excluding carboxylic acids is 1. The van der Waals surface area contributed by atoms with E-state index in [2.05, 4.69) is 4.98 Å². The largest absolute Gasteiger partial charge is 0.488 e. The van der Waals surface area contributed by atoms with Gasteiger partial charge in [-0.25, -0.2) is 18.2 Å². The van der Waals surface area contributed by atoms with Crippen molar-refractivity contribution in [2.24, 2.45) is 11.3 Å². The van der Waals surface area contributed by atoms with Crippen LogP contribution in [0.3, 0.4) is 0 Å². The number of aromatic nitrogens is 1. The van der Waals surface area contributed by atoms with E-state index in [1.807, 2.05) is 0 Å². The Balaban J connectivity index is 0.000000348. The minimum absolute atomic E-state index is 0.00739. The molecule has 1 aromatic heterocycles. The average molecular weight is 521 g/mol. The van der Waals surface area contributed by atoms with Gasteiger partial charge >= 0.3 is 0 Å². The highest BCUT2D eigenvalue weighted by Gasteiger charge is 2.61. The van der Waals surface area contributed by atoms with E-state index in [9.17, 15) is 18.0 Å². The number of alkyl halides is 2. The molecule has 4 aliphatic rings. The fraction of sp³-hybridized carbons (Fsp3) is 0.556. The van der Waals surface area contributed by atoms with E-state index in [-0.39, 0.29) is 66.5 Å². The number of carbonyl (C=O) groups is 1. The number of halogens is 3. The van der Waals surface area contributed by atoms with Crippen LogP contribution < -0.4 is 9.47 Å². The second-order valence-corrected chi connectivity index (χ2v) is 10.4. The highest BCUT2D eigenvalue weighted by atomic mass is 19.3. The third-order valence-electron chi connectivity index (χ3n) is 7.51. The maximum absolute atomic E-state index is 13.1. The van der Waals surface area contributed by atoms with E-state index in [1.165, 1.54) is 19.2 Å². The van der Waals surface area contributed by atoms with Crippen LogP contribution in [0.1, 0.15) is 42.6 Å². The molecule has 2 saturated carbocycles. The summed E-state index contributed by atoms with van der Waals surface area (Å²) >= 11 is 0. The Bertz CT molecular complexity index is 1090. The summed E-state index contributed by atoms with van der Waals surface area (Å²) in [6.07, 6.45) is 2.28. The van der Waals surface area contributed by atoms with Gasteiger partial charge in [0.2, 0.25) is 5.92 Å². The highest BCUT2D eigenvalue weighted by Crippen LogP contribution is 2.64. The summed E-state index contributed by atoms with van der Waals surface area (Å²) in [6, 6.07) is 11.3. The summed E-state index contributed by atoms with van der Waals surface area (Å²) in [5.41, 5.74) is 0.119. The van der Waals surface area contributed by atoms with Gasteiger partial charge < -0.3 is 23.8 Å². The zero-order chi connectivity index (χ0) is 26.0. The minimum atomic E-state index is -2.48. The van der Waals surface area contributed by atoms with Gasteiger partial charge in [0.25, 0.3) is 11.8 Å². The molecule has 3 heterocycles. The van der Waals surface area contributed by atoms with Crippen molar-refractivity contribution in [3.8, 4) is 11.6 Å². The van der Waals surface area contributed by atoms with Crippen molar-refractivity contribution in [2.45, 2.75) is 50.2 Å². The van der Waals surface area contributed by atoms with Gasteiger partial charge in [0, 0.05) is 25.9 Å². The summed E-state index contributed by atoms with van der Waals surface area (Å²) in [5, 5.41) is 0. The zero-order valence-electron chi connectivity index (χ0n) is 20.7. The first-order valence-electron chi connectivity index (χ1n) is 12.5. The second-order valence-electron chi connectivity index (χ2n) is 10.4. The molecular weight excluding hydrogens is 489 g/mol. The number of fused-ring (bicyclic) bond motifs is 1. The molecule has 200 valence electrons. The van der Waals surface area contributed by atoms with E-state index in [1.54, 1.807) is 35.2 Å². The Hall–Kier alpha value is -2.85. The van der Waals surface area contributed by atoms with Crippen LogP contribution in [0.15, 0.2) is 42.5 Å². The van der Waals surface area contributed by atoms with Gasteiger partial charge in [-0.1, -0.05) is 18.2 Å². The number of likely N-dealkylation sites (tertiary alicyclic amines) is 1. The molecule has 6 rings (SSSR count). The second kappa shape index (κ2) is 10.5. The first-order valence-corrected chi connectivity index (χ1v) is 12.5. The van der Waals surface area contributed by atoms with Crippen LogP contribution >= 0.6 is 0 Å². The molecule has 1 aromatic carbocycles. The van der Waals surface area contributed by atoms with Crippen molar-refractivity contribution in [2.75, 3.05) is 33.6 Å². The van der Waals surface area contributed by atoms with Gasteiger partial charge in [0.15, 0.2) is 5.75 Å². The van der Waals surface area contributed by atoms with Gasteiger partial charge in [-0.3, -0.25) is 4.79 Å². The predicted octanol–water partition coefficient (Wildman–Crippen LogP) is 4.71. The number of piperidine rings is 1. The van der Waals surface area contributed by atoms with Gasteiger partial charge in [-0.05, 0) is 54.9 Å². The molecule has 2 aromatic rings. The molecule has 1 amide bonds. The molecule has 2 aliphatic heterocycles. The lowest BCUT2D eigenvalue weighted by Crippen LogP contribution is -2.54. The number of rotatable bonds is 5. The number of ether oxygens (including phenoxy) is 4. The first-order chi connectivity index (χ1) is 17.8. The first kappa shape index (κ1) is 25.8. The molecule has 2 aliphatic carbocycles.